The molecule has 1 aromatic carbocycles. The number of alkyl halides is 3. The van der Waals surface area contributed by atoms with E-state index in [1.54, 1.807) is 23.9 Å². The Morgan fingerprint density at radius 3 is 2.38 bits per heavy atom. The summed E-state index contributed by atoms with van der Waals surface area (Å²) in [6.07, 6.45) is -4.67. The second kappa shape index (κ2) is 5.69. The molecule has 0 aliphatic carbocycles. The van der Waals surface area contributed by atoms with Gasteiger partial charge < -0.3 is 10.3 Å². The highest BCUT2D eigenvalue weighted by molar-refractivity contribution is 7.99. The van der Waals surface area contributed by atoms with Crippen LogP contribution in [0.5, 0.6) is 0 Å². The van der Waals surface area contributed by atoms with E-state index < -0.39 is 17.6 Å². The molecule has 0 saturated carbocycles. The molecule has 0 fully saturated rings. The van der Waals surface area contributed by atoms with Gasteiger partial charge in [-0.15, -0.1) is 11.8 Å². The van der Waals surface area contributed by atoms with Crippen LogP contribution in [-0.4, -0.2) is 22.1 Å². The third kappa shape index (κ3) is 3.21. The van der Waals surface area contributed by atoms with Gasteiger partial charge in [-0.2, -0.15) is 18.2 Å². The van der Waals surface area contributed by atoms with E-state index in [-0.39, 0.29) is 5.82 Å². The fraction of sp³-hybridized carbons (Fsp3) is 0.385. The molecule has 8 heteroatoms. The number of nitrogens with two attached hydrogens (primary N) is 1. The summed E-state index contributed by atoms with van der Waals surface area (Å²) in [4.78, 5) is 4.82. The quantitative estimate of drug-likeness (QED) is 0.873. The zero-order valence-electron chi connectivity index (χ0n) is 11.4. The van der Waals surface area contributed by atoms with Crippen LogP contribution in [0.3, 0.4) is 0 Å². The topological polar surface area (TPSA) is 64.9 Å². The van der Waals surface area contributed by atoms with Gasteiger partial charge in [0.2, 0.25) is 5.82 Å². The van der Waals surface area contributed by atoms with Crippen molar-refractivity contribution in [3.8, 4) is 11.4 Å². The van der Waals surface area contributed by atoms with E-state index in [0.29, 0.717) is 5.56 Å². The van der Waals surface area contributed by atoms with Crippen molar-refractivity contribution in [3.05, 3.63) is 30.2 Å². The highest BCUT2D eigenvalue weighted by atomic mass is 32.2. The zero-order chi connectivity index (χ0) is 15.7. The van der Waals surface area contributed by atoms with Gasteiger partial charge in [0.05, 0.1) is 0 Å². The van der Waals surface area contributed by atoms with Gasteiger partial charge in [0, 0.05) is 10.5 Å². The minimum atomic E-state index is -4.67. The number of rotatable bonds is 4. The maximum Gasteiger partial charge on any atom is 0.415 e. The van der Waals surface area contributed by atoms with Gasteiger partial charge in [0.25, 0.3) is 5.89 Å². The zero-order valence-corrected chi connectivity index (χ0v) is 12.3. The first-order chi connectivity index (χ1) is 9.75. The van der Waals surface area contributed by atoms with E-state index in [2.05, 4.69) is 14.7 Å². The van der Waals surface area contributed by atoms with Crippen molar-refractivity contribution in [1.82, 2.24) is 10.1 Å². The monoisotopic (exact) mass is 317 g/mol. The van der Waals surface area contributed by atoms with E-state index in [1.807, 2.05) is 19.1 Å². The lowest BCUT2D eigenvalue weighted by Gasteiger charge is -2.22. The number of hydrogen-bond donors (Lipinski definition) is 1. The highest BCUT2D eigenvalue weighted by Crippen LogP contribution is 2.36. The van der Waals surface area contributed by atoms with Crippen LogP contribution in [0.1, 0.15) is 19.7 Å². The fourth-order valence-corrected chi connectivity index (χ4v) is 2.20. The second-order valence-corrected chi connectivity index (χ2v) is 5.92. The molecule has 0 radical (unpaired) electrons. The van der Waals surface area contributed by atoms with Gasteiger partial charge in [0.15, 0.2) is 5.54 Å². The van der Waals surface area contributed by atoms with Gasteiger partial charge in [-0.05, 0) is 36.9 Å². The summed E-state index contributed by atoms with van der Waals surface area (Å²) in [6.45, 7) is 2.83. The minimum absolute atomic E-state index is 0.0824. The molecule has 0 spiro atoms. The van der Waals surface area contributed by atoms with Crippen LogP contribution in [0, 0.1) is 0 Å². The number of aromatic nitrogens is 2. The molecule has 0 saturated heterocycles. The molecule has 1 heterocycles. The Hall–Kier alpha value is -1.54. The minimum Gasteiger partial charge on any atom is -0.337 e. The molecule has 0 aliphatic rings. The number of thioether (sulfide) groups is 1. The summed E-state index contributed by atoms with van der Waals surface area (Å²) in [6, 6.07) is 7.16. The molecule has 4 nitrogen and oxygen atoms in total. The molecule has 1 aromatic heterocycles. The predicted molar refractivity (Wildman–Crippen MR) is 73.7 cm³/mol. The predicted octanol–water partition coefficient (Wildman–Crippen LogP) is 3.58. The summed E-state index contributed by atoms with van der Waals surface area (Å²) >= 11 is 1.66. The maximum atomic E-state index is 12.8. The van der Waals surface area contributed by atoms with Crippen molar-refractivity contribution in [2.45, 2.75) is 30.5 Å². The molecular weight excluding hydrogens is 303 g/mol. The summed E-state index contributed by atoms with van der Waals surface area (Å²) < 4.78 is 43.1. The van der Waals surface area contributed by atoms with Gasteiger partial charge in [-0.25, -0.2) is 0 Å². The first-order valence-electron chi connectivity index (χ1n) is 6.18. The van der Waals surface area contributed by atoms with Crippen molar-refractivity contribution in [2.75, 3.05) is 5.75 Å². The molecular formula is C13H14F3N3OS. The van der Waals surface area contributed by atoms with Gasteiger partial charge in [-0.1, -0.05) is 12.1 Å². The van der Waals surface area contributed by atoms with E-state index in [0.717, 1.165) is 17.6 Å². The van der Waals surface area contributed by atoms with E-state index >= 15 is 0 Å². The van der Waals surface area contributed by atoms with Crippen LogP contribution in [0.25, 0.3) is 11.4 Å². The molecule has 0 aliphatic heterocycles. The number of halogens is 3. The summed E-state index contributed by atoms with van der Waals surface area (Å²) in [7, 11) is 0. The summed E-state index contributed by atoms with van der Waals surface area (Å²) in [5.41, 5.74) is 3.15. The molecule has 2 N–H and O–H groups in total. The standard InChI is InChI=1S/C13H14F3N3OS/c1-3-21-9-6-4-8(5-7-9)10-18-11(20-19-10)12(2,17)13(14,15)16/h4-7H,3,17H2,1-2H3. The second-order valence-electron chi connectivity index (χ2n) is 4.58. The molecule has 2 aromatic rings. The molecule has 1 unspecified atom stereocenters. The first-order valence-corrected chi connectivity index (χ1v) is 7.17. The third-order valence-electron chi connectivity index (χ3n) is 2.88. The molecule has 114 valence electrons. The average Bonchev–Trinajstić information content (AvgIpc) is 2.89. The number of hydrogen-bond acceptors (Lipinski definition) is 5. The van der Waals surface area contributed by atoms with E-state index in [1.165, 1.54) is 0 Å². The maximum absolute atomic E-state index is 12.8. The molecule has 0 amide bonds. The van der Waals surface area contributed by atoms with Crippen LogP contribution in [0.4, 0.5) is 13.2 Å². The van der Waals surface area contributed by atoms with Crippen LogP contribution in [0.2, 0.25) is 0 Å². The number of benzene rings is 1. The molecule has 2 rings (SSSR count). The Morgan fingerprint density at radius 2 is 1.86 bits per heavy atom. The SMILES string of the molecule is CCSc1ccc(-c2noc(C(C)(N)C(F)(F)F)n2)cc1. The normalized spacial score (nSPS) is 15.0. The molecule has 0 bridgehead atoms. The van der Waals surface area contributed by atoms with E-state index in [9.17, 15) is 13.2 Å². The Labute approximate surface area is 123 Å². The Bertz CT molecular complexity index is 608. The third-order valence-corrected chi connectivity index (χ3v) is 3.78. The lowest BCUT2D eigenvalue weighted by Crippen LogP contribution is -2.47. The highest BCUT2D eigenvalue weighted by Gasteiger charge is 2.53. The van der Waals surface area contributed by atoms with Crippen molar-refractivity contribution in [2.24, 2.45) is 5.73 Å². The van der Waals surface area contributed by atoms with Crippen molar-refractivity contribution in [1.29, 1.82) is 0 Å². The summed E-state index contributed by atoms with van der Waals surface area (Å²) in [5, 5.41) is 3.57. The van der Waals surface area contributed by atoms with Crippen molar-refractivity contribution in [3.63, 3.8) is 0 Å². The lowest BCUT2D eigenvalue weighted by molar-refractivity contribution is -0.190. The smallest absolute Gasteiger partial charge is 0.337 e. The van der Waals surface area contributed by atoms with Crippen molar-refractivity contribution >= 4 is 11.8 Å². The fourth-order valence-electron chi connectivity index (χ4n) is 1.54. The Morgan fingerprint density at radius 1 is 1.24 bits per heavy atom. The van der Waals surface area contributed by atoms with Crippen LogP contribution >= 0.6 is 11.8 Å². The summed E-state index contributed by atoms with van der Waals surface area (Å²) in [5.74, 6) is 0.360. The number of nitrogens with zero attached hydrogens (tertiary/aromatic N) is 2. The molecule has 21 heavy (non-hydrogen) atoms. The van der Waals surface area contributed by atoms with E-state index in [4.69, 9.17) is 5.73 Å². The lowest BCUT2D eigenvalue weighted by atomic mass is 10.0. The van der Waals surface area contributed by atoms with Crippen LogP contribution < -0.4 is 5.73 Å². The van der Waals surface area contributed by atoms with Crippen molar-refractivity contribution < 1.29 is 17.7 Å². The Kier molecular flexibility index (Phi) is 4.29. The Balaban J connectivity index is 2.28. The largest absolute Gasteiger partial charge is 0.415 e. The van der Waals surface area contributed by atoms with Gasteiger partial charge in [0.1, 0.15) is 0 Å². The van der Waals surface area contributed by atoms with Gasteiger partial charge in [-0.3, -0.25) is 0 Å². The van der Waals surface area contributed by atoms with Crippen LogP contribution in [0.15, 0.2) is 33.7 Å². The molecule has 1 atom stereocenters. The first kappa shape index (κ1) is 15.8. The van der Waals surface area contributed by atoms with Gasteiger partial charge >= 0.3 is 6.18 Å². The van der Waals surface area contributed by atoms with Crippen LogP contribution in [-0.2, 0) is 5.54 Å². The average molecular weight is 317 g/mol.